The largest absolute Gasteiger partial charge is 0.524 e. The number of phosphoric acid groups is 1. The topological polar surface area (TPSA) is 76.0 Å². The van der Waals surface area contributed by atoms with Crippen molar-refractivity contribution in [1.82, 2.24) is 0 Å². The molecule has 1 aliphatic rings. The van der Waals surface area contributed by atoms with Crippen molar-refractivity contribution in [2.24, 2.45) is 0 Å². The fourth-order valence-electron chi connectivity index (χ4n) is 2.47. The molecule has 110 valence electrons. The molecule has 0 saturated heterocycles. The molecule has 0 saturated carbocycles. The lowest BCUT2D eigenvalue weighted by Gasteiger charge is -2.26. The Morgan fingerprint density at radius 3 is 2.76 bits per heavy atom. The van der Waals surface area contributed by atoms with Crippen molar-refractivity contribution in [3.8, 4) is 11.5 Å². The number of hydrogen-bond donors (Lipinski definition) is 2. The van der Waals surface area contributed by atoms with Crippen LogP contribution in [0.25, 0.3) is 0 Å². The number of aryl methyl sites for hydroxylation is 1. The van der Waals surface area contributed by atoms with Gasteiger partial charge in [0.05, 0.1) is 0 Å². The maximum atomic E-state index is 10.9. The molecule has 0 aliphatic carbocycles. The first-order valence-electron chi connectivity index (χ1n) is 6.61. The van der Waals surface area contributed by atoms with Crippen molar-refractivity contribution in [2.45, 2.75) is 18.9 Å². The molecular weight excluding hydrogens is 291 g/mol. The maximum Gasteiger partial charge on any atom is 0.524 e. The zero-order chi connectivity index (χ0) is 14.9. The summed E-state index contributed by atoms with van der Waals surface area (Å²) in [4.78, 5) is 17.7. The van der Waals surface area contributed by atoms with Gasteiger partial charge in [0.15, 0.2) is 0 Å². The predicted octanol–water partition coefficient (Wildman–Crippen LogP) is 3.22. The van der Waals surface area contributed by atoms with Crippen LogP contribution in [0.3, 0.4) is 0 Å². The average Bonchev–Trinajstić information content (AvgIpc) is 2.45. The first-order valence-corrected chi connectivity index (χ1v) is 8.14. The normalized spacial score (nSPS) is 17.7. The quantitative estimate of drug-likeness (QED) is 0.851. The number of rotatable bonds is 3. The summed E-state index contributed by atoms with van der Waals surface area (Å²) in [6.45, 7) is 0. The fourth-order valence-corrected chi connectivity index (χ4v) is 2.86. The van der Waals surface area contributed by atoms with E-state index in [0.29, 0.717) is 0 Å². The van der Waals surface area contributed by atoms with Crippen molar-refractivity contribution in [3.05, 3.63) is 59.7 Å². The molecule has 1 unspecified atom stereocenters. The van der Waals surface area contributed by atoms with Crippen molar-refractivity contribution in [1.29, 1.82) is 0 Å². The molecule has 0 aromatic heterocycles. The van der Waals surface area contributed by atoms with Gasteiger partial charge in [-0.25, -0.2) is 4.57 Å². The molecule has 6 heteroatoms. The number of ether oxygens (including phenoxy) is 1. The van der Waals surface area contributed by atoms with Crippen LogP contribution in [-0.4, -0.2) is 9.79 Å². The van der Waals surface area contributed by atoms with Gasteiger partial charge in [-0.3, -0.25) is 9.79 Å². The second kappa shape index (κ2) is 5.53. The van der Waals surface area contributed by atoms with Crippen LogP contribution in [0.15, 0.2) is 48.5 Å². The average molecular weight is 306 g/mol. The Morgan fingerprint density at radius 1 is 1.14 bits per heavy atom. The van der Waals surface area contributed by atoms with Crippen molar-refractivity contribution < 1.29 is 23.6 Å². The lowest BCUT2D eigenvalue weighted by Crippen LogP contribution is -2.15. The highest BCUT2D eigenvalue weighted by Gasteiger charge is 2.22. The van der Waals surface area contributed by atoms with Crippen molar-refractivity contribution >= 4 is 7.82 Å². The van der Waals surface area contributed by atoms with E-state index >= 15 is 0 Å². The molecule has 0 spiro atoms. The highest BCUT2D eigenvalue weighted by atomic mass is 31.2. The second-order valence-corrected chi connectivity index (χ2v) is 6.07. The summed E-state index contributed by atoms with van der Waals surface area (Å²) in [5.41, 5.74) is 2.02. The summed E-state index contributed by atoms with van der Waals surface area (Å²) in [6, 6.07) is 14.6. The van der Waals surface area contributed by atoms with E-state index < -0.39 is 7.82 Å². The third kappa shape index (κ3) is 3.45. The van der Waals surface area contributed by atoms with Gasteiger partial charge in [0.25, 0.3) is 0 Å². The molecule has 2 N–H and O–H groups in total. The maximum absolute atomic E-state index is 10.9. The van der Waals surface area contributed by atoms with Crippen LogP contribution >= 0.6 is 7.82 Å². The van der Waals surface area contributed by atoms with E-state index in [1.54, 1.807) is 12.1 Å². The molecule has 0 amide bonds. The van der Waals surface area contributed by atoms with Crippen molar-refractivity contribution in [2.75, 3.05) is 0 Å². The first-order chi connectivity index (χ1) is 10.0. The summed E-state index contributed by atoms with van der Waals surface area (Å²) in [5, 5.41) is 0. The minimum absolute atomic E-state index is 0.139. The number of para-hydroxylation sites is 1. The van der Waals surface area contributed by atoms with E-state index in [0.717, 1.165) is 24.2 Å². The van der Waals surface area contributed by atoms with Gasteiger partial charge in [0, 0.05) is 0 Å². The molecule has 1 atom stereocenters. The minimum atomic E-state index is -4.54. The summed E-state index contributed by atoms with van der Waals surface area (Å²) in [5.74, 6) is 0.998. The van der Waals surface area contributed by atoms with Crippen LogP contribution in [0, 0.1) is 0 Å². The molecule has 0 bridgehead atoms. The molecule has 3 rings (SSSR count). The van der Waals surface area contributed by atoms with Crippen molar-refractivity contribution in [3.63, 3.8) is 0 Å². The van der Waals surface area contributed by atoms with Crippen LogP contribution in [0.1, 0.15) is 23.7 Å². The van der Waals surface area contributed by atoms with Gasteiger partial charge in [-0.2, -0.15) is 0 Å². The highest BCUT2D eigenvalue weighted by molar-refractivity contribution is 7.46. The second-order valence-electron chi connectivity index (χ2n) is 4.91. The number of phosphoric ester groups is 1. The predicted molar refractivity (Wildman–Crippen MR) is 77.2 cm³/mol. The Bertz CT molecular complexity index is 694. The Labute approximate surface area is 122 Å². The zero-order valence-corrected chi connectivity index (χ0v) is 12.1. The summed E-state index contributed by atoms with van der Waals surface area (Å²) in [6.07, 6.45) is 1.58. The van der Waals surface area contributed by atoms with E-state index in [2.05, 4.69) is 4.52 Å². The van der Waals surface area contributed by atoms with E-state index in [-0.39, 0.29) is 11.9 Å². The Balaban J connectivity index is 1.82. The third-order valence-corrected chi connectivity index (χ3v) is 3.82. The van der Waals surface area contributed by atoms with Gasteiger partial charge in [0.1, 0.15) is 17.6 Å². The third-order valence-electron chi connectivity index (χ3n) is 3.37. The van der Waals surface area contributed by atoms with E-state index in [9.17, 15) is 4.57 Å². The lowest BCUT2D eigenvalue weighted by molar-refractivity contribution is 0.176. The fraction of sp³-hybridized carbons (Fsp3) is 0.200. The standard InChI is InChI=1S/C15H15O5P/c16-21(17,18)20-13-6-3-5-12(10-13)15-9-8-11-4-1-2-7-14(11)19-15/h1-7,10,15H,8-9H2,(H2,16,17,18). The van der Waals surface area contributed by atoms with Gasteiger partial charge >= 0.3 is 7.82 Å². The van der Waals surface area contributed by atoms with E-state index in [4.69, 9.17) is 14.5 Å². The summed E-state index contributed by atoms with van der Waals surface area (Å²) in [7, 11) is -4.54. The van der Waals surface area contributed by atoms with E-state index in [1.807, 2.05) is 30.3 Å². The van der Waals surface area contributed by atoms with Crippen LogP contribution < -0.4 is 9.26 Å². The molecule has 2 aromatic rings. The molecule has 1 aliphatic heterocycles. The van der Waals surface area contributed by atoms with Gasteiger partial charge in [-0.05, 0) is 42.2 Å². The first kappa shape index (κ1) is 14.1. The lowest BCUT2D eigenvalue weighted by atomic mass is 9.97. The monoisotopic (exact) mass is 306 g/mol. The summed E-state index contributed by atoms with van der Waals surface area (Å²) < 4.78 is 21.5. The molecule has 1 heterocycles. The SMILES string of the molecule is O=P(O)(O)Oc1cccc(C2CCc3ccccc3O2)c1. The molecular formula is C15H15O5P. The van der Waals surface area contributed by atoms with Gasteiger partial charge in [-0.1, -0.05) is 30.3 Å². The van der Waals surface area contributed by atoms with Gasteiger partial charge < -0.3 is 9.26 Å². The smallest absolute Gasteiger partial charge is 0.485 e. The molecule has 5 nitrogen and oxygen atoms in total. The molecule has 0 fully saturated rings. The number of fused-ring (bicyclic) bond motifs is 1. The van der Waals surface area contributed by atoms with Gasteiger partial charge in [0.2, 0.25) is 0 Å². The molecule has 0 radical (unpaired) electrons. The Hall–Kier alpha value is -1.81. The van der Waals surface area contributed by atoms with Crippen LogP contribution in [0.2, 0.25) is 0 Å². The van der Waals surface area contributed by atoms with Crippen LogP contribution in [-0.2, 0) is 11.0 Å². The van der Waals surface area contributed by atoms with E-state index in [1.165, 1.54) is 11.6 Å². The number of benzene rings is 2. The minimum Gasteiger partial charge on any atom is -0.485 e. The Morgan fingerprint density at radius 2 is 1.95 bits per heavy atom. The summed E-state index contributed by atoms with van der Waals surface area (Å²) >= 11 is 0. The zero-order valence-electron chi connectivity index (χ0n) is 11.2. The van der Waals surface area contributed by atoms with Crippen LogP contribution in [0.4, 0.5) is 0 Å². The number of hydrogen-bond acceptors (Lipinski definition) is 3. The van der Waals surface area contributed by atoms with Crippen LogP contribution in [0.5, 0.6) is 11.5 Å². The Kier molecular flexibility index (Phi) is 3.72. The molecule has 21 heavy (non-hydrogen) atoms. The molecule has 2 aromatic carbocycles. The van der Waals surface area contributed by atoms with Gasteiger partial charge in [-0.15, -0.1) is 0 Å². The highest BCUT2D eigenvalue weighted by Crippen LogP contribution is 2.40.